The van der Waals surface area contributed by atoms with Gasteiger partial charge >= 0.3 is 0 Å². The van der Waals surface area contributed by atoms with Crippen LogP contribution in [-0.2, 0) is 6.61 Å². The highest BCUT2D eigenvalue weighted by atomic mass is 16.3. The van der Waals surface area contributed by atoms with Gasteiger partial charge < -0.3 is 14.8 Å². The summed E-state index contributed by atoms with van der Waals surface area (Å²) >= 11 is 0. The molecular formula is C16H14N6O. The Hall–Kier alpha value is -3.19. The predicted octanol–water partition coefficient (Wildman–Crippen LogP) is 2.36. The molecule has 0 aliphatic carbocycles. The smallest absolute Gasteiger partial charge is 0.150 e. The van der Waals surface area contributed by atoms with Crippen LogP contribution in [0.3, 0.4) is 0 Å². The van der Waals surface area contributed by atoms with Crippen LogP contribution in [0.25, 0.3) is 16.8 Å². The molecule has 7 heteroatoms. The minimum Gasteiger partial charge on any atom is -0.392 e. The Kier molecular flexibility index (Phi) is 3.25. The number of nitrogens with zero attached hydrogens (tertiary/aromatic N) is 4. The molecule has 0 aliphatic rings. The van der Waals surface area contributed by atoms with E-state index in [0.29, 0.717) is 11.6 Å². The van der Waals surface area contributed by atoms with Crippen molar-refractivity contribution in [3.8, 4) is 11.1 Å². The van der Waals surface area contributed by atoms with Gasteiger partial charge in [-0.3, -0.25) is 5.10 Å². The molecule has 0 atom stereocenters. The average molecular weight is 306 g/mol. The first-order valence-electron chi connectivity index (χ1n) is 7.12. The summed E-state index contributed by atoms with van der Waals surface area (Å²) in [5.74, 6) is 1.34. The van der Waals surface area contributed by atoms with Crippen molar-refractivity contribution >= 4 is 17.3 Å². The van der Waals surface area contributed by atoms with E-state index in [4.69, 9.17) is 0 Å². The SMILES string of the molecule is OCc1ccnc(Nc2cn3cc(-c4cn[nH]c4)ccc3n2)c1. The fourth-order valence-corrected chi connectivity index (χ4v) is 2.40. The van der Waals surface area contributed by atoms with Crippen LogP contribution in [0.1, 0.15) is 5.56 Å². The Morgan fingerprint density at radius 3 is 2.91 bits per heavy atom. The number of aromatic nitrogens is 5. The van der Waals surface area contributed by atoms with Crippen LogP contribution in [0.15, 0.2) is 55.2 Å². The van der Waals surface area contributed by atoms with Crippen LogP contribution in [0.5, 0.6) is 0 Å². The molecule has 0 saturated carbocycles. The number of fused-ring (bicyclic) bond motifs is 1. The molecule has 0 spiro atoms. The van der Waals surface area contributed by atoms with E-state index >= 15 is 0 Å². The lowest BCUT2D eigenvalue weighted by Crippen LogP contribution is -1.95. The highest BCUT2D eigenvalue weighted by Crippen LogP contribution is 2.21. The van der Waals surface area contributed by atoms with Gasteiger partial charge in [-0.1, -0.05) is 0 Å². The number of hydrogen-bond donors (Lipinski definition) is 3. The van der Waals surface area contributed by atoms with Crippen molar-refractivity contribution in [1.29, 1.82) is 0 Å². The number of anilines is 2. The molecule has 114 valence electrons. The molecule has 0 bridgehead atoms. The van der Waals surface area contributed by atoms with E-state index in [1.54, 1.807) is 24.5 Å². The monoisotopic (exact) mass is 306 g/mol. The Labute approximate surface area is 131 Å². The van der Waals surface area contributed by atoms with E-state index < -0.39 is 0 Å². The van der Waals surface area contributed by atoms with Gasteiger partial charge in [0, 0.05) is 29.7 Å². The van der Waals surface area contributed by atoms with Crippen molar-refractivity contribution in [3.63, 3.8) is 0 Å². The molecule has 0 fully saturated rings. The predicted molar refractivity (Wildman–Crippen MR) is 86.2 cm³/mol. The Bertz CT molecular complexity index is 944. The number of aromatic amines is 1. The molecule has 4 heterocycles. The van der Waals surface area contributed by atoms with Crippen LogP contribution >= 0.6 is 0 Å². The highest BCUT2D eigenvalue weighted by Gasteiger charge is 2.05. The topological polar surface area (TPSA) is 91.1 Å². The number of pyridine rings is 2. The van der Waals surface area contributed by atoms with Crippen LogP contribution in [0.4, 0.5) is 11.6 Å². The largest absolute Gasteiger partial charge is 0.392 e. The maximum absolute atomic E-state index is 9.18. The van der Waals surface area contributed by atoms with E-state index in [9.17, 15) is 5.11 Å². The van der Waals surface area contributed by atoms with Crippen molar-refractivity contribution < 1.29 is 5.11 Å². The summed E-state index contributed by atoms with van der Waals surface area (Å²) in [7, 11) is 0. The first-order chi connectivity index (χ1) is 11.3. The minimum atomic E-state index is -0.0174. The first-order valence-corrected chi connectivity index (χ1v) is 7.12. The molecule has 7 nitrogen and oxygen atoms in total. The van der Waals surface area contributed by atoms with Crippen molar-refractivity contribution in [2.24, 2.45) is 0 Å². The van der Waals surface area contributed by atoms with Gasteiger partial charge in [-0.15, -0.1) is 0 Å². The molecule has 0 saturated heterocycles. The molecule has 0 amide bonds. The molecule has 4 rings (SSSR count). The minimum absolute atomic E-state index is 0.0174. The van der Waals surface area contributed by atoms with Gasteiger partial charge in [-0.05, 0) is 29.8 Å². The molecular weight excluding hydrogens is 292 g/mol. The second-order valence-corrected chi connectivity index (χ2v) is 5.13. The van der Waals surface area contributed by atoms with Gasteiger partial charge in [0.05, 0.1) is 19.0 Å². The van der Waals surface area contributed by atoms with Crippen LogP contribution in [0.2, 0.25) is 0 Å². The zero-order chi connectivity index (χ0) is 15.6. The van der Waals surface area contributed by atoms with Crippen molar-refractivity contribution in [3.05, 3.63) is 60.8 Å². The summed E-state index contributed by atoms with van der Waals surface area (Å²) in [6.07, 6.45) is 9.17. The summed E-state index contributed by atoms with van der Waals surface area (Å²) < 4.78 is 1.95. The lowest BCUT2D eigenvalue weighted by Gasteiger charge is -2.02. The summed E-state index contributed by atoms with van der Waals surface area (Å²) in [5, 5.41) is 19.1. The molecule has 0 radical (unpaired) electrons. The Morgan fingerprint density at radius 2 is 2.09 bits per heavy atom. The highest BCUT2D eigenvalue weighted by molar-refractivity contribution is 5.65. The number of aliphatic hydroxyl groups is 1. The second kappa shape index (κ2) is 5.54. The van der Waals surface area contributed by atoms with E-state index in [2.05, 4.69) is 25.5 Å². The lowest BCUT2D eigenvalue weighted by molar-refractivity contribution is 0.282. The molecule has 23 heavy (non-hydrogen) atoms. The fourth-order valence-electron chi connectivity index (χ4n) is 2.40. The van der Waals surface area contributed by atoms with Crippen LogP contribution in [-0.4, -0.2) is 29.7 Å². The first kappa shape index (κ1) is 13.5. The number of rotatable bonds is 4. The van der Waals surface area contributed by atoms with Gasteiger partial charge in [-0.25, -0.2) is 9.97 Å². The molecule has 0 aromatic carbocycles. The average Bonchev–Trinajstić information content (AvgIpc) is 3.23. The number of aliphatic hydroxyl groups excluding tert-OH is 1. The van der Waals surface area contributed by atoms with Gasteiger partial charge in [0.2, 0.25) is 0 Å². The van der Waals surface area contributed by atoms with Gasteiger partial charge in [0.1, 0.15) is 11.5 Å². The van der Waals surface area contributed by atoms with Crippen molar-refractivity contribution in [1.82, 2.24) is 24.6 Å². The fraction of sp³-hybridized carbons (Fsp3) is 0.0625. The van der Waals surface area contributed by atoms with Crippen LogP contribution in [0, 0.1) is 0 Å². The lowest BCUT2D eigenvalue weighted by atomic mass is 10.2. The van der Waals surface area contributed by atoms with E-state index in [-0.39, 0.29) is 6.61 Å². The second-order valence-electron chi connectivity index (χ2n) is 5.13. The molecule has 4 aromatic heterocycles. The Balaban J connectivity index is 1.66. The zero-order valence-electron chi connectivity index (χ0n) is 12.1. The maximum Gasteiger partial charge on any atom is 0.150 e. The van der Waals surface area contributed by atoms with Gasteiger partial charge in [0.25, 0.3) is 0 Å². The molecule has 0 aliphatic heterocycles. The van der Waals surface area contributed by atoms with Crippen LogP contribution < -0.4 is 5.32 Å². The van der Waals surface area contributed by atoms with Crippen molar-refractivity contribution in [2.75, 3.05) is 5.32 Å². The van der Waals surface area contributed by atoms with Crippen molar-refractivity contribution in [2.45, 2.75) is 6.61 Å². The normalized spacial score (nSPS) is 11.0. The van der Waals surface area contributed by atoms with E-state index in [1.807, 2.05) is 35.1 Å². The van der Waals surface area contributed by atoms with Gasteiger partial charge in [-0.2, -0.15) is 5.10 Å². The summed E-state index contributed by atoms with van der Waals surface area (Å²) in [5.41, 5.74) is 3.70. The summed E-state index contributed by atoms with van der Waals surface area (Å²) in [4.78, 5) is 8.74. The number of hydrogen-bond acceptors (Lipinski definition) is 5. The third-order valence-corrected chi connectivity index (χ3v) is 3.55. The summed E-state index contributed by atoms with van der Waals surface area (Å²) in [6, 6.07) is 7.51. The standard InChI is InChI=1S/C16H14N6O/c23-10-11-3-4-17-14(5-11)20-15-9-22-8-12(1-2-16(22)21-15)13-6-18-19-7-13/h1-9,23H,10H2,(H,17,20)(H,18,19). The number of nitrogens with one attached hydrogen (secondary N) is 2. The maximum atomic E-state index is 9.18. The molecule has 4 aromatic rings. The third kappa shape index (κ3) is 2.65. The Morgan fingerprint density at radius 1 is 1.13 bits per heavy atom. The summed E-state index contributed by atoms with van der Waals surface area (Å²) in [6.45, 7) is -0.0174. The number of H-pyrrole nitrogens is 1. The van der Waals surface area contributed by atoms with E-state index in [1.165, 1.54) is 0 Å². The van der Waals surface area contributed by atoms with Gasteiger partial charge in [0.15, 0.2) is 5.82 Å². The molecule has 0 unspecified atom stereocenters. The molecule has 3 N–H and O–H groups in total. The zero-order valence-corrected chi connectivity index (χ0v) is 12.1. The quantitative estimate of drug-likeness (QED) is 0.538. The number of imidazole rings is 1. The van der Waals surface area contributed by atoms with E-state index in [0.717, 1.165) is 22.3 Å². The third-order valence-electron chi connectivity index (χ3n) is 3.55.